The summed E-state index contributed by atoms with van der Waals surface area (Å²) in [6, 6.07) is 16.2. The molecule has 0 saturated carbocycles. The minimum Gasteiger partial charge on any atom is -0.473 e. The third-order valence-electron chi connectivity index (χ3n) is 5.25. The quantitative estimate of drug-likeness (QED) is 0.506. The molecule has 0 fully saturated rings. The summed E-state index contributed by atoms with van der Waals surface area (Å²) in [4.78, 5) is 16.8. The Morgan fingerprint density at radius 3 is 2.87 bits per heavy atom. The van der Waals surface area contributed by atoms with Crippen LogP contribution in [0.3, 0.4) is 0 Å². The molecule has 0 saturated heterocycles. The van der Waals surface area contributed by atoms with Gasteiger partial charge in [-0.15, -0.1) is 0 Å². The van der Waals surface area contributed by atoms with Gasteiger partial charge in [0.25, 0.3) is 0 Å². The minimum absolute atomic E-state index is 0.498. The summed E-state index contributed by atoms with van der Waals surface area (Å²) >= 11 is 0. The largest absolute Gasteiger partial charge is 0.473 e. The number of benzene rings is 1. The van der Waals surface area contributed by atoms with Gasteiger partial charge in [-0.3, -0.25) is 9.98 Å². The first-order chi connectivity index (χ1) is 14.9. The van der Waals surface area contributed by atoms with E-state index >= 15 is 0 Å². The smallest absolute Gasteiger partial charge is 0.214 e. The van der Waals surface area contributed by atoms with Crippen molar-refractivity contribution in [2.45, 2.75) is 19.4 Å². The SMILES string of the molecule is C(=C1CCCN=C1c1cccnc1)c1c[nH]c2cnc(OCc3ccccc3)cc12. The number of ether oxygens (including phenoxy) is 1. The van der Waals surface area contributed by atoms with Crippen LogP contribution in [0.5, 0.6) is 5.88 Å². The highest BCUT2D eigenvalue weighted by Crippen LogP contribution is 2.27. The lowest BCUT2D eigenvalue weighted by Gasteiger charge is -2.16. The topological polar surface area (TPSA) is 63.2 Å². The maximum Gasteiger partial charge on any atom is 0.214 e. The number of nitrogens with one attached hydrogen (secondary N) is 1. The van der Waals surface area contributed by atoms with Crippen LogP contribution < -0.4 is 4.74 Å². The van der Waals surface area contributed by atoms with Gasteiger partial charge in [0.2, 0.25) is 5.88 Å². The second-order valence-corrected chi connectivity index (χ2v) is 7.33. The third kappa shape index (κ3) is 3.87. The molecule has 5 heteroatoms. The molecule has 148 valence electrons. The number of fused-ring (bicyclic) bond motifs is 1. The number of pyridine rings is 2. The lowest BCUT2D eigenvalue weighted by Crippen LogP contribution is -2.11. The van der Waals surface area contributed by atoms with Crippen LogP contribution in [0, 0.1) is 0 Å². The summed E-state index contributed by atoms with van der Waals surface area (Å²) in [6.45, 7) is 1.36. The first-order valence-electron chi connectivity index (χ1n) is 10.2. The van der Waals surface area contributed by atoms with E-state index in [2.05, 4.69) is 27.1 Å². The molecule has 0 radical (unpaired) electrons. The third-order valence-corrected chi connectivity index (χ3v) is 5.25. The second kappa shape index (κ2) is 8.33. The zero-order valence-corrected chi connectivity index (χ0v) is 16.6. The Bertz CT molecular complexity index is 1210. The number of nitrogens with zero attached hydrogens (tertiary/aromatic N) is 3. The highest BCUT2D eigenvalue weighted by atomic mass is 16.5. The fourth-order valence-corrected chi connectivity index (χ4v) is 3.74. The average molecular weight is 394 g/mol. The Hall–Kier alpha value is -3.73. The van der Waals surface area contributed by atoms with Crippen molar-refractivity contribution < 1.29 is 4.74 Å². The van der Waals surface area contributed by atoms with Gasteiger partial charge in [0.05, 0.1) is 17.4 Å². The molecule has 0 aliphatic carbocycles. The van der Waals surface area contributed by atoms with Gasteiger partial charge >= 0.3 is 0 Å². The number of hydrogen-bond donors (Lipinski definition) is 1. The second-order valence-electron chi connectivity index (χ2n) is 7.33. The van der Waals surface area contributed by atoms with Gasteiger partial charge in [-0.25, -0.2) is 4.98 Å². The van der Waals surface area contributed by atoms with E-state index in [9.17, 15) is 0 Å². The summed E-state index contributed by atoms with van der Waals surface area (Å²) in [6.07, 6.45) is 11.8. The van der Waals surface area contributed by atoms with E-state index in [-0.39, 0.29) is 0 Å². The van der Waals surface area contributed by atoms with Crippen molar-refractivity contribution in [3.63, 3.8) is 0 Å². The maximum absolute atomic E-state index is 5.93. The molecule has 5 nitrogen and oxygen atoms in total. The lowest BCUT2D eigenvalue weighted by atomic mass is 9.95. The number of rotatable bonds is 5. The molecule has 0 unspecified atom stereocenters. The van der Waals surface area contributed by atoms with E-state index in [1.165, 1.54) is 5.57 Å². The summed E-state index contributed by atoms with van der Waals surface area (Å²) < 4.78 is 5.93. The van der Waals surface area contributed by atoms with Gasteiger partial charge in [-0.2, -0.15) is 0 Å². The summed E-state index contributed by atoms with van der Waals surface area (Å²) in [5, 5.41) is 1.09. The molecule has 3 aromatic heterocycles. The standard InChI is InChI=1S/C25H22N4O/c1-2-6-18(7-3-1)17-30-24-13-22-21(15-28-23(22)16-29-24)12-19-8-5-11-27-25(19)20-9-4-10-26-14-20/h1-4,6-7,9-10,12-16,28H,5,8,11,17H2. The van der Waals surface area contributed by atoms with E-state index in [1.807, 2.05) is 61.1 Å². The molecular formula is C25H22N4O. The Kier molecular flexibility index (Phi) is 5.08. The molecule has 4 aromatic rings. The van der Waals surface area contributed by atoms with Crippen LogP contribution in [0.1, 0.15) is 29.5 Å². The molecule has 0 spiro atoms. The molecule has 0 atom stereocenters. The predicted molar refractivity (Wildman–Crippen MR) is 120 cm³/mol. The van der Waals surface area contributed by atoms with Crippen LogP contribution in [0.25, 0.3) is 17.0 Å². The monoisotopic (exact) mass is 394 g/mol. The van der Waals surface area contributed by atoms with Crippen molar-refractivity contribution in [1.82, 2.24) is 15.0 Å². The molecule has 30 heavy (non-hydrogen) atoms. The number of hydrogen-bond acceptors (Lipinski definition) is 4. The minimum atomic E-state index is 0.498. The van der Waals surface area contributed by atoms with Crippen LogP contribution in [-0.2, 0) is 6.61 Å². The summed E-state index contributed by atoms with van der Waals surface area (Å²) in [5.41, 5.74) is 6.57. The Morgan fingerprint density at radius 1 is 1.07 bits per heavy atom. The Labute approximate surface area is 175 Å². The lowest BCUT2D eigenvalue weighted by molar-refractivity contribution is 0.294. The molecule has 1 aliphatic rings. The van der Waals surface area contributed by atoms with Crippen LogP contribution in [0.2, 0.25) is 0 Å². The van der Waals surface area contributed by atoms with Gasteiger partial charge in [0, 0.05) is 47.7 Å². The molecule has 1 N–H and O–H groups in total. The van der Waals surface area contributed by atoms with Gasteiger partial charge in [-0.05, 0) is 42.2 Å². The van der Waals surface area contributed by atoms with E-state index in [4.69, 9.17) is 9.73 Å². The average Bonchev–Trinajstić information content (AvgIpc) is 3.21. The number of aromatic nitrogens is 3. The van der Waals surface area contributed by atoms with Crippen molar-refractivity contribution in [2.24, 2.45) is 4.99 Å². The molecular weight excluding hydrogens is 372 g/mol. The normalized spacial score (nSPS) is 15.3. The van der Waals surface area contributed by atoms with Crippen molar-refractivity contribution in [3.8, 4) is 5.88 Å². The first kappa shape index (κ1) is 18.3. The first-order valence-corrected chi connectivity index (χ1v) is 10.2. The van der Waals surface area contributed by atoms with E-state index in [0.29, 0.717) is 12.5 Å². The fourth-order valence-electron chi connectivity index (χ4n) is 3.74. The number of H-pyrrole nitrogens is 1. The van der Waals surface area contributed by atoms with E-state index < -0.39 is 0 Å². The molecule has 1 aromatic carbocycles. The zero-order chi connectivity index (χ0) is 20.2. The van der Waals surface area contributed by atoms with E-state index in [1.54, 1.807) is 6.20 Å². The van der Waals surface area contributed by atoms with Crippen LogP contribution >= 0.6 is 0 Å². The zero-order valence-electron chi connectivity index (χ0n) is 16.6. The van der Waals surface area contributed by atoms with Crippen LogP contribution in [0.15, 0.2) is 83.9 Å². The van der Waals surface area contributed by atoms with Gasteiger partial charge in [0.15, 0.2) is 0 Å². The summed E-state index contributed by atoms with van der Waals surface area (Å²) in [5.74, 6) is 0.621. The highest BCUT2D eigenvalue weighted by Gasteiger charge is 2.15. The number of aliphatic imine (C=N–C) groups is 1. The fraction of sp³-hybridized carbons (Fsp3) is 0.160. The Morgan fingerprint density at radius 2 is 2.00 bits per heavy atom. The Balaban J connectivity index is 1.45. The number of aromatic amines is 1. The highest BCUT2D eigenvalue weighted by molar-refractivity contribution is 6.15. The maximum atomic E-state index is 5.93. The molecule has 0 bridgehead atoms. The van der Waals surface area contributed by atoms with Crippen molar-refractivity contribution in [3.05, 3.63) is 95.6 Å². The van der Waals surface area contributed by atoms with Gasteiger partial charge in [0.1, 0.15) is 6.61 Å². The molecule has 1 aliphatic heterocycles. The van der Waals surface area contributed by atoms with Crippen molar-refractivity contribution in [1.29, 1.82) is 0 Å². The molecule has 0 amide bonds. The van der Waals surface area contributed by atoms with Crippen LogP contribution in [0.4, 0.5) is 0 Å². The molecule has 5 rings (SSSR count). The van der Waals surface area contributed by atoms with Crippen molar-refractivity contribution in [2.75, 3.05) is 6.54 Å². The van der Waals surface area contributed by atoms with Gasteiger partial charge < -0.3 is 9.72 Å². The van der Waals surface area contributed by atoms with Gasteiger partial charge in [-0.1, -0.05) is 30.3 Å². The van der Waals surface area contributed by atoms with Crippen molar-refractivity contribution >= 4 is 22.7 Å². The predicted octanol–water partition coefficient (Wildman–Crippen LogP) is 5.20. The van der Waals surface area contributed by atoms with E-state index in [0.717, 1.165) is 52.7 Å². The summed E-state index contributed by atoms with van der Waals surface area (Å²) in [7, 11) is 0. The molecule has 4 heterocycles. The number of allylic oxidation sites excluding steroid dienone is 1. The van der Waals surface area contributed by atoms with Crippen LogP contribution in [-0.4, -0.2) is 27.2 Å².